The van der Waals surface area contributed by atoms with Gasteiger partial charge in [-0.2, -0.15) is 18.2 Å². The highest BCUT2D eigenvalue weighted by Crippen LogP contribution is 2.31. The predicted molar refractivity (Wildman–Crippen MR) is 118 cm³/mol. The number of benzene rings is 3. The van der Waals surface area contributed by atoms with Crippen LogP contribution in [0.5, 0.6) is 6.01 Å². The van der Waals surface area contributed by atoms with Crippen LogP contribution in [0.25, 0.3) is 22.2 Å². The standard InChI is InChI=1S/C25H21F3N2O3/c1-24(2,32)22(31)19-6-4-3-5-18(19)16-9-12-20-21(13-16)30-23(29-20)33-14-15-7-10-17(11-8-15)25(26,27)28/h3-13,32H,14H2,1-2H3,(H,29,30). The van der Waals surface area contributed by atoms with E-state index >= 15 is 0 Å². The van der Waals surface area contributed by atoms with E-state index in [9.17, 15) is 23.1 Å². The number of rotatable bonds is 6. The zero-order valence-corrected chi connectivity index (χ0v) is 17.9. The molecule has 0 spiro atoms. The molecule has 4 rings (SSSR count). The number of carbonyl (C=O) groups is 1. The number of fused-ring (bicyclic) bond motifs is 1. The molecule has 4 aromatic rings. The first-order chi connectivity index (χ1) is 15.5. The van der Waals surface area contributed by atoms with Crippen LogP contribution >= 0.6 is 0 Å². The third-order valence-corrected chi connectivity index (χ3v) is 5.16. The highest BCUT2D eigenvalue weighted by atomic mass is 19.4. The number of nitrogens with zero attached hydrogens (tertiary/aromatic N) is 1. The molecule has 1 aromatic heterocycles. The molecule has 0 atom stereocenters. The van der Waals surface area contributed by atoms with Gasteiger partial charge in [0.1, 0.15) is 12.2 Å². The summed E-state index contributed by atoms with van der Waals surface area (Å²) in [5, 5.41) is 10.2. The zero-order chi connectivity index (χ0) is 23.8. The number of aromatic nitrogens is 2. The molecule has 5 nitrogen and oxygen atoms in total. The molecule has 0 aliphatic heterocycles. The number of ether oxygens (including phenoxy) is 1. The molecule has 0 saturated carbocycles. The molecular formula is C25H21F3N2O3. The average molecular weight is 454 g/mol. The van der Waals surface area contributed by atoms with Gasteiger partial charge >= 0.3 is 6.18 Å². The van der Waals surface area contributed by atoms with Crippen molar-refractivity contribution in [2.45, 2.75) is 32.2 Å². The molecule has 0 fully saturated rings. The van der Waals surface area contributed by atoms with Crippen LogP contribution < -0.4 is 4.74 Å². The number of hydrogen-bond acceptors (Lipinski definition) is 4. The van der Waals surface area contributed by atoms with Gasteiger partial charge in [-0.1, -0.05) is 42.5 Å². The van der Waals surface area contributed by atoms with Gasteiger partial charge in [0.25, 0.3) is 6.01 Å². The van der Waals surface area contributed by atoms with E-state index in [0.29, 0.717) is 27.7 Å². The normalized spacial score (nSPS) is 12.2. The quantitative estimate of drug-likeness (QED) is 0.362. The molecule has 8 heteroatoms. The molecule has 170 valence electrons. The van der Waals surface area contributed by atoms with Gasteiger partial charge in [-0.05, 0) is 54.8 Å². The number of aliphatic hydroxyl groups is 1. The van der Waals surface area contributed by atoms with Crippen molar-refractivity contribution >= 4 is 16.8 Å². The molecule has 0 bridgehead atoms. The molecule has 0 aliphatic rings. The Balaban J connectivity index is 1.56. The maximum atomic E-state index is 12.7. The van der Waals surface area contributed by atoms with E-state index in [-0.39, 0.29) is 18.4 Å². The zero-order valence-electron chi connectivity index (χ0n) is 17.9. The summed E-state index contributed by atoms with van der Waals surface area (Å²) in [5.41, 5.74) is 1.49. The maximum Gasteiger partial charge on any atom is 0.416 e. The average Bonchev–Trinajstić information content (AvgIpc) is 3.18. The van der Waals surface area contributed by atoms with E-state index in [4.69, 9.17) is 4.74 Å². The van der Waals surface area contributed by atoms with Crippen molar-refractivity contribution in [3.8, 4) is 17.1 Å². The van der Waals surface area contributed by atoms with Crippen molar-refractivity contribution in [1.82, 2.24) is 9.97 Å². The number of halogens is 3. The lowest BCUT2D eigenvalue weighted by atomic mass is 9.90. The molecule has 0 amide bonds. The third kappa shape index (κ3) is 4.90. The Labute approximate surface area is 187 Å². The number of imidazole rings is 1. The number of aromatic amines is 1. The second-order valence-corrected chi connectivity index (χ2v) is 8.19. The van der Waals surface area contributed by atoms with Gasteiger partial charge in [0.05, 0.1) is 16.6 Å². The Hall–Kier alpha value is -3.65. The minimum absolute atomic E-state index is 0.0493. The Bertz CT molecular complexity index is 1300. The van der Waals surface area contributed by atoms with E-state index in [1.807, 2.05) is 18.2 Å². The van der Waals surface area contributed by atoms with Crippen LogP contribution in [0, 0.1) is 0 Å². The van der Waals surface area contributed by atoms with Gasteiger partial charge < -0.3 is 14.8 Å². The predicted octanol–water partition coefficient (Wildman–Crippen LogP) is 5.78. The van der Waals surface area contributed by atoms with Crippen LogP contribution in [-0.4, -0.2) is 26.5 Å². The summed E-state index contributed by atoms with van der Waals surface area (Å²) >= 11 is 0. The van der Waals surface area contributed by atoms with Crippen molar-refractivity contribution in [3.05, 3.63) is 83.4 Å². The summed E-state index contributed by atoms with van der Waals surface area (Å²) in [4.78, 5) is 20.1. The summed E-state index contributed by atoms with van der Waals surface area (Å²) < 4.78 is 43.7. The summed E-state index contributed by atoms with van der Waals surface area (Å²) in [6, 6.07) is 17.4. The van der Waals surface area contributed by atoms with Crippen molar-refractivity contribution < 1.29 is 27.8 Å². The van der Waals surface area contributed by atoms with Crippen molar-refractivity contribution in [3.63, 3.8) is 0 Å². The molecule has 1 heterocycles. The number of hydrogen-bond donors (Lipinski definition) is 2. The van der Waals surface area contributed by atoms with E-state index in [0.717, 1.165) is 17.7 Å². The van der Waals surface area contributed by atoms with E-state index in [1.165, 1.54) is 26.0 Å². The third-order valence-electron chi connectivity index (χ3n) is 5.16. The summed E-state index contributed by atoms with van der Waals surface area (Å²) in [6.45, 7) is 2.95. The Morgan fingerprint density at radius 3 is 2.39 bits per heavy atom. The Kier molecular flexibility index (Phi) is 5.71. The first-order valence-corrected chi connectivity index (χ1v) is 10.2. The SMILES string of the molecule is CC(C)(O)C(=O)c1ccccc1-c1ccc2nc(OCc3ccc(C(F)(F)F)cc3)[nH]c2c1. The molecule has 2 N–H and O–H groups in total. The van der Waals surface area contributed by atoms with Gasteiger partial charge in [-0.3, -0.25) is 4.79 Å². The molecule has 0 unspecified atom stereocenters. The maximum absolute atomic E-state index is 12.7. The molecular weight excluding hydrogens is 433 g/mol. The monoisotopic (exact) mass is 454 g/mol. The number of nitrogens with one attached hydrogen (secondary N) is 1. The Morgan fingerprint density at radius 2 is 1.73 bits per heavy atom. The Morgan fingerprint density at radius 1 is 1.03 bits per heavy atom. The smallest absolute Gasteiger partial charge is 0.416 e. The first kappa shape index (κ1) is 22.5. The fourth-order valence-electron chi connectivity index (χ4n) is 3.43. The number of alkyl halides is 3. The summed E-state index contributed by atoms with van der Waals surface area (Å²) in [5.74, 6) is -0.386. The lowest BCUT2D eigenvalue weighted by Crippen LogP contribution is -2.31. The fraction of sp³-hybridized carbons (Fsp3) is 0.200. The van der Waals surface area contributed by atoms with Crippen molar-refractivity contribution in [2.75, 3.05) is 0 Å². The number of H-pyrrole nitrogens is 1. The van der Waals surface area contributed by atoms with Crippen LogP contribution in [-0.2, 0) is 12.8 Å². The molecule has 0 radical (unpaired) electrons. The topological polar surface area (TPSA) is 75.2 Å². The van der Waals surface area contributed by atoms with E-state index in [1.54, 1.807) is 24.3 Å². The van der Waals surface area contributed by atoms with Crippen LogP contribution in [0.4, 0.5) is 13.2 Å². The minimum Gasteiger partial charge on any atom is -0.460 e. The van der Waals surface area contributed by atoms with Crippen molar-refractivity contribution in [2.24, 2.45) is 0 Å². The van der Waals surface area contributed by atoms with Crippen LogP contribution in [0.15, 0.2) is 66.7 Å². The number of ketones is 1. The highest BCUT2D eigenvalue weighted by molar-refractivity contribution is 6.07. The van der Waals surface area contributed by atoms with Crippen molar-refractivity contribution in [1.29, 1.82) is 0 Å². The largest absolute Gasteiger partial charge is 0.460 e. The van der Waals surface area contributed by atoms with E-state index < -0.39 is 17.3 Å². The second kappa shape index (κ2) is 8.37. The van der Waals surface area contributed by atoms with Gasteiger partial charge in [0.15, 0.2) is 5.78 Å². The van der Waals surface area contributed by atoms with Crippen LogP contribution in [0.2, 0.25) is 0 Å². The molecule has 0 aliphatic carbocycles. The molecule has 3 aromatic carbocycles. The van der Waals surface area contributed by atoms with E-state index in [2.05, 4.69) is 9.97 Å². The lowest BCUT2D eigenvalue weighted by molar-refractivity contribution is -0.137. The molecule has 33 heavy (non-hydrogen) atoms. The summed E-state index contributed by atoms with van der Waals surface area (Å²) in [7, 11) is 0. The highest BCUT2D eigenvalue weighted by Gasteiger charge is 2.30. The van der Waals surface area contributed by atoms with Gasteiger partial charge in [-0.15, -0.1) is 0 Å². The lowest BCUT2D eigenvalue weighted by Gasteiger charge is -2.18. The van der Waals surface area contributed by atoms with Crippen LogP contribution in [0.3, 0.4) is 0 Å². The van der Waals surface area contributed by atoms with Crippen LogP contribution in [0.1, 0.15) is 35.3 Å². The van der Waals surface area contributed by atoms with Gasteiger partial charge in [-0.25, -0.2) is 0 Å². The second-order valence-electron chi connectivity index (χ2n) is 8.19. The first-order valence-electron chi connectivity index (χ1n) is 10.2. The molecule has 0 saturated heterocycles. The number of carbonyl (C=O) groups excluding carboxylic acids is 1. The fourth-order valence-corrected chi connectivity index (χ4v) is 3.43. The summed E-state index contributed by atoms with van der Waals surface area (Å²) in [6.07, 6.45) is -4.38. The van der Waals surface area contributed by atoms with Gasteiger partial charge in [0, 0.05) is 5.56 Å². The van der Waals surface area contributed by atoms with Gasteiger partial charge in [0.2, 0.25) is 0 Å². The number of Topliss-reactive ketones (excluding diaryl/α,β-unsaturated/α-hetero) is 1. The minimum atomic E-state index is -4.38.